The Morgan fingerprint density at radius 3 is 0.487 bits per heavy atom. The third kappa shape index (κ3) is 14.1. The number of hydrogen-bond donors (Lipinski definition) is 0. The summed E-state index contributed by atoms with van der Waals surface area (Å²) in [5.74, 6) is 8.43. The van der Waals surface area contributed by atoms with Crippen molar-refractivity contribution in [1.29, 1.82) is 0 Å². The average Bonchev–Trinajstić information content (AvgIpc) is 3.39. The van der Waals surface area contributed by atoms with Crippen molar-refractivity contribution >= 4 is 89.7 Å². The van der Waals surface area contributed by atoms with Crippen molar-refractivity contribution in [2.75, 3.05) is 64.0 Å². The fourth-order valence-corrected chi connectivity index (χ4v) is 23.2. The molecule has 5 aromatic rings. The normalized spacial score (nSPS) is 15.2. The molecule has 12 bridgehead atoms. The molecule has 0 fully saturated rings. The Balaban J connectivity index is 1.54. The van der Waals surface area contributed by atoms with Crippen LogP contribution in [0.1, 0.15) is 146 Å². The Labute approximate surface area is 505 Å². The first-order valence-electron chi connectivity index (χ1n) is 26.4. The quantitative estimate of drug-likeness (QED) is 0.134. The molecule has 0 saturated carbocycles. The van der Waals surface area contributed by atoms with Crippen LogP contribution in [0, 0.1) is 0 Å². The molecule has 3 aliphatic heterocycles. The van der Waals surface area contributed by atoms with E-state index in [9.17, 15) is 0 Å². The first-order chi connectivity index (χ1) is 37.2. The average molecular weight is 1460 g/mol. The molecule has 0 N–H and O–H groups in total. The molecule has 0 saturated heterocycles. The molecule has 0 spiro atoms. The topological polar surface area (TPSA) is 83.1 Å². The maximum absolute atomic E-state index is 6.62. The monoisotopic (exact) mass is 1460 g/mol. The van der Waals surface area contributed by atoms with E-state index in [1.165, 1.54) is 50.1 Å². The van der Waals surface area contributed by atoms with E-state index in [0.717, 1.165) is 149 Å². The van der Waals surface area contributed by atoms with Crippen molar-refractivity contribution in [2.45, 2.75) is 142 Å². The van der Waals surface area contributed by atoms with E-state index >= 15 is 0 Å². The SMILES string of the molecule is COc1c2cc(C(C)(C)C)cc1C[Se]Cc1c(OC)c3c(OC)c(c1OC)C[Se]Cc1cc(C(C)(C)C)cc(c1OC)C[Se]Cc1c(OC)c(c(OC)c(c1OC)C[Se]Cc1cc(C(C)(C)C)cc(c1OC)C[Se]C3)C[Se]C2. The first-order valence-corrected chi connectivity index (χ1v) is 41.0. The summed E-state index contributed by atoms with van der Waals surface area (Å²) in [6.07, 6.45) is 0. The van der Waals surface area contributed by atoms with Gasteiger partial charge in [0.2, 0.25) is 0 Å². The molecular formula is C63H84O9Se6. The van der Waals surface area contributed by atoms with E-state index < -0.39 is 0 Å². The van der Waals surface area contributed by atoms with Crippen molar-refractivity contribution in [3.8, 4) is 51.7 Å². The predicted molar refractivity (Wildman–Crippen MR) is 326 cm³/mol. The van der Waals surface area contributed by atoms with Crippen LogP contribution in [0.25, 0.3) is 0 Å². The van der Waals surface area contributed by atoms with Crippen molar-refractivity contribution < 1.29 is 42.6 Å². The molecule has 0 unspecified atom stereocenters. The second-order valence-corrected chi connectivity index (χ2v) is 35.2. The van der Waals surface area contributed by atoms with Crippen molar-refractivity contribution in [3.63, 3.8) is 0 Å². The van der Waals surface area contributed by atoms with Crippen LogP contribution in [0.2, 0.25) is 0 Å². The Morgan fingerprint density at radius 2 is 0.372 bits per heavy atom. The second-order valence-electron chi connectivity index (χ2n) is 22.8. The van der Waals surface area contributed by atoms with E-state index in [0.29, 0.717) is 0 Å². The van der Waals surface area contributed by atoms with Gasteiger partial charge in [0.25, 0.3) is 0 Å². The number of ether oxygens (including phenoxy) is 9. The number of rotatable bonds is 9. The van der Waals surface area contributed by atoms with Crippen LogP contribution >= 0.6 is 0 Å². The summed E-state index contributed by atoms with van der Waals surface area (Å²) in [5, 5.41) is 10.3. The summed E-state index contributed by atoms with van der Waals surface area (Å²) < 4.78 is 59.1. The van der Waals surface area contributed by atoms with Crippen LogP contribution < -0.4 is 42.6 Å². The Morgan fingerprint density at radius 1 is 0.231 bits per heavy atom. The zero-order chi connectivity index (χ0) is 56.7. The Hall–Kier alpha value is -2.58. The van der Waals surface area contributed by atoms with Gasteiger partial charge in [0.15, 0.2) is 0 Å². The van der Waals surface area contributed by atoms with Crippen LogP contribution in [0.3, 0.4) is 0 Å². The summed E-state index contributed by atoms with van der Waals surface area (Å²) >= 11 is 0.676. The molecule has 0 radical (unpaired) electrons. The fourth-order valence-electron chi connectivity index (χ4n) is 10.5. The molecular weight excluding hydrogens is 1370 g/mol. The van der Waals surface area contributed by atoms with Gasteiger partial charge in [-0.25, -0.2) is 0 Å². The molecule has 0 aliphatic carbocycles. The van der Waals surface area contributed by atoms with E-state index in [-0.39, 0.29) is 106 Å². The van der Waals surface area contributed by atoms with Crippen LogP contribution in [-0.4, -0.2) is 154 Å². The van der Waals surface area contributed by atoms with Crippen molar-refractivity contribution in [3.05, 3.63) is 120 Å². The molecule has 78 heavy (non-hydrogen) atoms. The standard InChI is InChI=1S/C63H84O9Se6/c1-61(2,3)43-19-37-25-73-31-46-55(67-13)48-33-75-27-39-21-44(62(4,5)6)22-40(53(39)65-11)28-76-34-49-56(68-14)47(32-74-26-38(20-43)52(37)64-10)58(70-16)51(60(49)72-18)36-78-30-42-24-45(63(7,8)9)23-41(54(42)66-12)29-77-35-50(57(46)69-15)59(48)71-17/h19-24H,25-36H2,1-18H3. The molecule has 0 atom stereocenters. The Kier molecular flexibility index (Phi) is 22.3. The molecule has 15 heteroatoms. The van der Waals surface area contributed by atoms with Crippen LogP contribution in [0.15, 0.2) is 36.4 Å². The molecule has 3 aliphatic rings. The van der Waals surface area contributed by atoms with E-state index in [2.05, 4.69) is 98.7 Å². The van der Waals surface area contributed by atoms with Crippen LogP contribution in [0.4, 0.5) is 0 Å². The van der Waals surface area contributed by atoms with Gasteiger partial charge in [0, 0.05) is 0 Å². The zero-order valence-corrected chi connectivity index (χ0v) is 59.9. The molecule has 0 aromatic heterocycles. The van der Waals surface area contributed by atoms with Gasteiger partial charge >= 0.3 is 510 Å². The molecule has 9 nitrogen and oxygen atoms in total. The van der Waals surface area contributed by atoms with Gasteiger partial charge < -0.3 is 0 Å². The van der Waals surface area contributed by atoms with Gasteiger partial charge in [-0.2, -0.15) is 0 Å². The number of hydrogen-bond acceptors (Lipinski definition) is 9. The minimum absolute atomic E-state index is 0.0518. The summed E-state index contributed by atoms with van der Waals surface area (Å²) in [5.41, 5.74) is 18.3. The van der Waals surface area contributed by atoms with Gasteiger partial charge in [-0.3, -0.25) is 0 Å². The van der Waals surface area contributed by atoms with Gasteiger partial charge in [0.05, 0.1) is 0 Å². The predicted octanol–water partition coefficient (Wildman–Crippen LogP) is 10.7. The third-order valence-corrected chi connectivity index (χ3v) is 27.2. The minimum atomic E-state index is -0.0518. The van der Waals surface area contributed by atoms with Gasteiger partial charge in [-0.1, -0.05) is 0 Å². The van der Waals surface area contributed by atoms with E-state index in [1.54, 1.807) is 0 Å². The zero-order valence-electron chi connectivity index (χ0n) is 49.6. The maximum atomic E-state index is 6.62. The molecule has 0 amide bonds. The van der Waals surface area contributed by atoms with E-state index in [4.69, 9.17) is 42.6 Å². The van der Waals surface area contributed by atoms with E-state index in [1.807, 2.05) is 64.0 Å². The van der Waals surface area contributed by atoms with Crippen LogP contribution in [-0.2, 0) is 80.1 Å². The van der Waals surface area contributed by atoms with Gasteiger partial charge in [0.1, 0.15) is 0 Å². The second kappa shape index (κ2) is 27.7. The summed E-state index contributed by atoms with van der Waals surface area (Å²) in [6, 6.07) is 14.5. The molecule has 426 valence electrons. The summed E-state index contributed by atoms with van der Waals surface area (Å²) in [4.78, 5) is 0. The first kappa shape index (κ1) is 63.0. The van der Waals surface area contributed by atoms with Crippen molar-refractivity contribution in [1.82, 2.24) is 0 Å². The van der Waals surface area contributed by atoms with Crippen LogP contribution in [0.5, 0.6) is 51.7 Å². The molecule has 8 rings (SSSR count). The molecule has 3 heterocycles. The number of methoxy groups -OCH3 is 9. The summed E-state index contributed by atoms with van der Waals surface area (Å²) in [6.45, 7) is 20.9. The van der Waals surface area contributed by atoms with Gasteiger partial charge in [-0.15, -0.1) is 0 Å². The van der Waals surface area contributed by atoms with Crippen molar-refractivity contribution in [2.24, 2.45) is 0 Å². The fraction of sp³-hybridized carbons (Fsp3) is 0.524. The number of fused-ring (bicyclic) bond motifs is 12. The van der Waals surface area contributed by atoms with Gasteiger partial charge in [-0.05, 0) is 0 Å². The Bertz CT molecular complexity index is 2400. The third-order valence-electron chi connectivity index (χ3n) is 14.5. The molecule has 5 aromatic carbocycles. The summed E-state index contributed by atoms with van der Waals surface area (Å²) in [7, 11) is 16.5. The number of benzene rings is 5.